The van der Waals surface area contributed by atoms with Gasteiger partial charge in [0.25, 0.3) is 0 Å². The van der Waals surface area contributed by atoms with Crippen LogP contribution in [0, 0.1) is 19.8 Å². The van der Waals surface area contributed by atoms with Gasteiger partial charge in [-0.2, -0.15) is 0 Å². The molecule has 0 aliphatic heterocycles. The Morgan fingerprint density at radius 1 is 1.39 bits per heavy atom. The van der Waals surface area contributed by atoms with Crippen molar-refractivity contribution in [1.82, 2.24) is 0 Å². The van der Waals surface area contributed by atoms with Crippen molar-refractivity contribution in [3.8, 4) is 0 Å². The topological polar surface area (TPSA) is 55.1 Å². The number of hydrogen-bond donors (Lipinski definition) is 2. The van der Waals surface area contributed by atoms with Crippen molar-refractivity contribution in [3.63, 3.8) is 0 Å². The molecule has 2 atom stereocenters. The summed E-state index contributed by atoms with van der Waals surface area (Å²) < 4.78 is 0. The van der Waals surface area contributed by atoms with Crippen LogP contribution in [0.25, 0.3) is 0 Å². The maximum Gasteiger partial charge on any atom is 0.241 e. The van der Waals surface area contributed by atoms with Crippen LogP contribution in [0.1, 0.15) is 31.4 Å². The van der Waals surface area contributed by atoms with Crippen LogP contribution >= 0.6 is 12.4 Å². The minimum atomic E-state index is -0.444. The highest BCUT2D eigenvalue weighted by atomic mass is 35.5. The number of benzene rings is 1. The van der Waals surface area contributed by atoms with Gasteiger partial charge in [0.15, 0.2) is 0 Å². The highest BCUT2D eigenvalue weighted by Gasteiger charge is 2.19. The van der Waals surface area contributed by atoms with Gasteiger partial charge >= 0.3 is 0 Å². The molecule has 3 N–H and O–H groups in total. The summed E-state index contributed by atoms with van der Waals surface area (Å²) in [5.74, 6) is 0.0899. The fourth-order valence-corrected chi connectivity index (χ4v) is 1.68. The quantitative estimate of drug-likeness (QED) is 0.884. The number of rotatable bonds is 4. The molecule has 4 heteroatoms. The molecule has 0 aliphatic carbocycles. The van der Waals surface area contributed by atoms with E-state index in [-0.39, 0.29) is 24.2 Å². The molecular formula is C14H23ClN2O. The molecule has 18 heavy (non-hydrogen) atoms. The summed E-state index contributed by atoms with van der Waals surface area (Å²) in [7, 11) is 0. The van der Waals surface area contributed by atoms with Crippen molar-refractivity contribution >= 4 is 24.0 Å². The summed E-state index contributed by atoms with van der Waals surface area (Å²) in [6.07, 6.45) is 0.904. The fraction of sp³-hybridized carbons (Fsp3) is 0.500. The van der Waals surface area contributed by atoms with Gasteiger partial charge in [-0.05, 0) is 31.4 Å². The molecule has 0 fully saturated rings. The van der Waals surface area contributed by atoms with E-state index in [0.717, 1.165) is 17.7 Å². The third kappa shape index (κ3) is 4.31. The first-order valence-electron chi connectivity index (χ1n) is 6.09. The van der Waals surface area contributed by atoms with Crippen molar-refractivity contribution in [2.24, 2.45) is 11.7 Å². The van der Waals surface area contributed by atoms with Gasteiger partial charge in [-0.25, -0.2) is 0 Å². The second-order valence-electron chi connectivity index (χ2n) is 4.72. The van der Waals surface area contributed by atoms with Crippen LogP contribution in [0.2, 0.25) is 0 Å². The van der Waals surface area contributed by atoms with Crippen molar-refractivity contribution < 1.29 is 4.79 Å². The number of amides is 1. The van der Waals surface area contributed by atoms with E-state index in [1.165, 1.54) is 5.56 Å². The normalized spacial score (nSPS) is 13.4. The first kappa shape index (κ1) is 16.9. The lowest BCUT2D eigenvalue weighted by Gasteiger charge is -2.18. The number of carbonyl (C=O) groups is 1. The number of halogens is 1. The van der Waals surface area contributed by atoms with E-state index in [1.54, 1.807) is 0 Å². The molecule has 0 aliphatic rings. The Hall–Kier alpha value is -1.06. The maximum absolute atomic E-state index is 11.9. The number of aryl methyl sites for hydroxylation is 2. The minimum Gasteiger partial charge on any atom is -0.324 e. The second-order valence-corrected chi connectivity index (χ2v) is 4.72. The van der Waals surface area contributed by atoms with Crippen LogP contribution in [0.5, 0.6) is 0 Å². The van der Waals surface area contributed by atoms with Crippen LogP contribution in [-0.4, -0.2) is 11.9 Å². The number of nitrogens with two attached hydrogens (primary N) is 1. The molecule has 0 aromatic heterocycles. The zero-order chi connectivity index (χ0) is 13.0. The maximum atomic E-state index is 11.9. The molecular weight excluding hydrogens is 248 g/mol. The zero-order valence-corrected chi connectivity index (χ0v) is 12.3. The van der Waals surface area contributed by atoms with E-state index < -0.39 is 6.04 Å². The summed E-state index contributed by atoms with van der Waals surface area (Å²) in [6.45, 7) is 8.04. The molecule has 102 valence electrons. The molecule has 0 saturated carbocycles. The lowest BCUT2D eigenvalue weighted by molar-refractivity contribution is -0.118. The lowest BCUT2D eigenvalue weighted by atomic mass is 9.99. The third-order valence-electron chi connectivity index (χ3n) is 3.20. The smallest absolute Gasteiger partial charge is 0.241 e. The highest BCUT2D eigenvalue weighted by molar-refractivity contribution is 5.95. The standard InChI is InChI=1S/C14H22N2O.ClH/c1-5-10(3)13(15)14(17)16-12-7-6-9(2)8-11(12)4;/h6-8,10,13H,5,15H2,1-4H3,(H,16,17);1H. The minimum absolute atomic E-state index is 0. The summed E-state index contributed by atoms with van der Waals surface area (Å²) >= 11 is 0. The third-order valence-corrected chi connectivity index (χ3v) is 3.20. The molecule has 1 amide bonds. The van der Waals surface area contributed by atoms with Crippen LogP contribution < -0.4 is 11.1 Å². The molecule has 3 nitrogen and oxygen atoms in total. The fourth-order valence-electron chi connectivity index (χ4n) is 1.68. The highest BCUT2D eigenvalue weighted by Crippen LogP contribution is 2.17. The van der Waals surface area contributed by atoms with E-state index in [2.05, 4.69) is 5.32 Å². The Labute approximate surface area is 116 Å². The van der Waals surface area contributed by atoms with E-state index in [4.69, 9.17) is 5.73 Å². The SMILES string of the molecule is CCC(C)C(N)C(=O)Nc1ccc(C)cc1C.Cl. The van der Waals surface area contributed by atoms with Gasteiger partial charge in [0.05, 0.1) is 6.04 Å². The van der Waals surface area contributed by atoms with E-state index >= 15 is 0 Å². The lowest BCUT2D eigenvalue weighted by Crippen LogP contribution is -2.40. The molecule has 0 spiro atoms. The van der Waals surface area contributed by atoms with Crippen molar-refractivity contribution in [2.75, 3.05) is 5.32 Å². The zero-order valence-electron chi connectivity index (χ0n) is 11.5. The van der Waals surface area contributed by atoms with Gasteiger partial charge in [0, 0.05) is 5.69 Å². The summed E-state index contributed by atoms with van der Waals surface area (Å²) in [6, 6.07) is 5.51. The summed E-state index contributed by atoms with van der Waals surface area (Å²) in [5.41, 5.74) is 8.98. The Balaban J connectivity index is 0.00000289. The molecule has 1 aromatic carbocycles. The molecule has 0 saturated heterocycles. The Morgan fingerprint density at radius 3 is 2.50 bits per heavy atom. The number of hydrogen-bond acceptors (Lipinski definition) is 2. The first-order valence-corrected chi connectivity index (χ1v) is 6.09. The summed E-state index contributed by atoms with van der Waals surface area (Å²) in [4.78, 5) is 11.9. The molecule has 0 radical (unpaired) electrons. The molecule has 1 aromatic rings. The number of anilines is 1. The molecule has 1 rings (SSSR count). The van der Waals surface area contributed by atoms with Gasteiger partial charge in [-0.3, -0.25) is 4.79 Å². The van der Waals surface area contributed by atoms with E-state index in [1.807, 2.05) is 45.9 Å². The second kappa shape index (κ2) is 7.39. The van der Waals surface area contributed by atoms with Crippen molar-refractivity contribution in [2.45, 2.75) is 40.2 Å². The average molecular weight is 271 g/mol. The van der Waals surface area contributed by atoms with Crippen LogP contribution in [0.4, 0.5) is 5.69 Å². The van der Waals surface area contributed by atoms with Crippen LogP contribution in [0.15, 0.2) is 18.2 Å². The van der Waals surface area contributed by atoms with Crippen LogP contribution in [0.3, 0.4) is 0 Å². The molecule has 0 bridgehead atoms. The monoisotopic (exact) mass is 270 g/mol. The Morgan fingerprint density at radius 2 is 2.00 bits per heavy atom. The summed E-state index contributed by atoms with van der Waals surface area (Å²) in [5, 5.41) is 2.89. The van der Waals surface area contributed by atoms with Gasteiger partial charge in [0.2, 0.25) is 5.91 Å². The Kier molecular flexibility index (Phi) is 6.96. The molecule has 2 unspecified atom stereocenters. The molecule has 0 heterocycles. The van der Waals surface area contributed by atoms with Crippen molar-refractivity contribution in [1.29, 1.82) is 0 Å². The van der Waals surface area contributed by atoms with E-state index in [9.17, 15) is 4.79 Å². The number of carbonyl (C=O) groups excluding carboxylic acids is 1. The Bertz CT molecular complexity index is 407. The van der Waals surface area contributed by atoms with Gasteiger partial charge in [0.1, 0.15) is 0 Å². The van der Waals surface area contributed by atoms with E-state index in [0.29, 0.717) is 0 Å². The van der Waals surface area contributed by atoms with Gasteiger partial charge in [-0.1, -0.05) is 38.0 Å². The average Bonchev–Trinajstić information content (AvgIpc) is 2.30. The van der Waals surface area contributed by atoms with Crippen molar-refractivity contribution in [3.05, 3.63) is 29.3 Å². The first-order chi connectivity index (χ1) is 7.95. The predicted molar refractivity (Wildman–Crippen MR) is 79.2 cm³/mol. The van der Waals surface area contributed by atoms with Gasteiger partial charge in [-0.15, -0.1) is 12.4 Å². The predicted octanol–water partition coefficient (Wildman–Crippen LogP) is 3.04. The largest absolute Gasteiger partial charge is 0.324 e. The number of nitrogens with one attached hydrogen (secondary N) is 1. The van der Waals surface area contributed by atoms with Gasteiger partial charge < -0.3 is 11.1 Å². The van der Waals surface area contributed by atoms with Crippen LogP contribution in [-0.2, 0) is 4.79 Å².